The fourth-order valence-corrected chi connectivity index (χ4v) is 6.66. The second kappa shape index (κ2) is 11.2. The molecule has 0 saturated heterocycles. The topological polar surface area (TPSA) is 79.3 Å². The molecule has 0 bridgehead atoms. The number of carbonyl (C=O) groups is 1. The van der Waals surface area contributed by atoms with Gasteiger partial charge in [-0.05, 0) is 97.7 Å². The number of rotatable bonds is 5. The molecule has 0 radical (unpaired) electrons. The lowest BCUT2D eigenvalue weighted by atomic mass is 9.67. The average molecular weight is 601 g/mol. The summed E-state index contributed by atoms with van der Waals surface area (Å²) in [5, 5.41) is 11.8. The lowest BCUT2D eigenvalue weighted by molar-refractivity contribution is -0.118. The molecule has 1 atom stereocenters. The molecule has 216 valence electrons. The first-order chi connectivity index (χ1) is 19.8. The number of nitrogens with zero attached hydrogens (tertiary/aromatic N) is 2. The Morgan fingerprint density at radius 1 is 1.00 bits per heavy atom. The van der Waals surface area contributed by atoms with Crippen LogP contribution in [0.15, 0.2) is 71.2 Å². The maximum atomic E-state index is 14.1. The van der Waals surface area contributed by atoms with Gasteiger partial charge in [-0.15, -0.1) is 0 Å². The van der Waals surface area contributed by atoms with E-state index in [0.29, 0.717) is 46.5 Å². The zero-order valence-corrected chi connectivity index (χ0v) is 26.4. The molecule has 0 aromatic heterocycles. The molecular formula is C35H35Cl2N3O2. The highest BCUT2D eigenvalue weighted by atomic mass is 35.5. The largest absolute Gasteiger partial charge is 0.489 e. The van der Waals surface area contributed by atoms with Crippen molar-refractivity contribution in [3.8, 4) is 11.8 Å². The summed E-state index contributed by atoms with van der Waals surface area (Å²) in [5.41, 5.74) is 15.0. The first-order valence-electron chi connectivity index (χ1n) is 14.0. The summed E-state index contributed by atoms with van der Waals surface area (Å²) in [5.74, 6) is 0.531. The van der Waals surface area contributed by atoms with Crippen LogP contribution in [0.25, 0.3) is 0 Å². The molecule has 5 nitrogen and oxygen atoms in total. The number of Topliss-reactive ketones (excluding diaryl/α,β-unsaturated/α-hetero) is 1. The number of hydrogen-bond acceptors (Lipinski definition) is 5. The number of ether oxygens (including phenoxy) is 1. The number of nitriles is 1. The minimum absolute atomic E-state index is 0.0340. The van der Waals surface area contributed by atoms with Crippen molar-refractivity contribution in [3.63, 3.8) is 0 Å². The molecule has 0 fully saturated rings. The Labute approximate surface area is 258 Å². The van der Waals surface area contributed by atoms with E-state index in [1.165, 1.54) is 0 Å². The Balaban J connectivity index is 1.68. The third-order valence-corrected chi connectivity index (χ3v) is 8.79. The predicted octanol–water partition coefficient (Wildman–Crippen LogP) is 8.75. The normalized spacial score (nSPS) is 18.2. The Bertz CT molecular complexity index is 1730. The maximum Gasteiger partial charge on any atom is 0.162 e. The van der Waals surface area contributed by atoms with Crippen molar-refractivity contribution in [2.45, 2.75) is 66.9 Å². The first kappa shape index (κ1) is 29.8. The molecule has 0 amide bonds. The number of halogens is 2. The van der Waals surface area contributed by atoms with Crippen LogP contribution in [0.5, 0.6) is 5.75 Å². The average Bonchev–Trinajstić information content (AvgIpc) is 2.90. The highest BCUT2D eigenvalue weighted by Gasteiger charge is 2.45. The Kier molecular flexibility index (Phi) is 7.91. The molecule has 0 spiro atoms. The van der Waals surface area contributed by atoms with E-state index in [1.807, 2.05) is 69.0 Å². The molecular weight excluding hydrogens is 565 g/mol. The number of aryl methyl sites for hydroxylation is 3. The summed E-state index contributed by atoms with van der Waals surface area (Å²) < 4.78 is 6.22. The van der Waals surface area contributed by atoms with Crippen molar-refractivity contribution in [3.05, 3.63) is 115 Å². The van der Waals surface area contributed by atoms with E-state index in [0.717, 1.165) is 50.5 Å². The molecule has 1 unspecified atom stereocenters. The van der Waals surface area contributed by atoms with Gasteiger partial charge in [0.15, 0.2) is 5.78 Å². The highest BCUT2D eigenvalue weighted by molar-refractivity contribution is 6.31. The smallest absolute Gasteiger partial charge is 0.162 e. The molecule has 2 N–H and O–H groups in total. The van der Waals surface area contributed by atoms with Crippen LogP contribution in [0.3, 0.4) is 0 Å². The minimum Gasteiger partial charge on any atom is -0.489 e. The zero-order valence-electron chi connectivity index (χ0n) is 24.9. The van der Waals surface area contributed by atoms with Gasteiger partial charge in [-0.25, -0.2) is 0 Å². The van der Waals surface area contributed by atoms with Crippen molar-refractivity contribution in [2.75, 3.05) is 4.90 Å². The Hall–Kier alpha value is -3.72. The zero-order chi connectivity index (χ0) is 30.5. The van der Waals surface area contributed by atoms with Crippen LogP contribution in [0.4, 0.5) is 5.69 Å². The molecule has 1 heterocycles. The lowest BCUT2D eigenvalue weighted by Gasteiger charge is -2.44. The molecule has 1 aliphatic carbocycles. The van der Waals surface area contributed by atoms with Gasteiger partial charge in [0.05, 0.1) is 23.2 Å². The summed E-state index contributed by atoms with van der Waals surface area (Å²) in [6, 6.07) is 17.7. The van der Waals surface area contributed by atoms with Gasteiger partial charge in [0.25, 0.3) is 0 Å². The lowest BCUT2D eigenvalue weighted by Crippen LogP contribution is -2.42. The second-order valence-electron chi connectivity index (χ2n) is 12.2. The molecule has 5 rings (SSSR count). The number of ketones is 1. The Morgan fingerprint density at radius 3 is 2.38 bits per heavy atom. The van der Waals surface area contributed by atoms with Crippen LogP contribution in [0.1, 0.15) is 66.0 Å². The Morgan fingerprint density at radius 2 is 1.69 bits per heavy atom. The third kappa shape index (κ3) is 5.42. The van der Waals surface area contributed by atoms with Crippen LogP contribution in [0.2, 0.25) is 10.0 Å². The van der Waals surface area contributed by atoms with Crippen molar-refractivity contribution in [2.24, 2.45) is 11.1 Å². The van der Waals surface area contributed by atoms with Crippen molar-refractivity contribution in [1.82, 2.24) is 0 Å². The summed E-state index contributed by atoms with van der Waals surface area (Å²) >= 11 is 12.6. The summed E-state index contributed by atoms with van der Waals surface area (Å²) in [4.78, 5) is 16.0. The third-order valence-electron chi connectivity index (χ3n) is 8.32. The fraction of sp³-hybridized carbons (Fsp3) is 0.314. The van der Waals surface area contributed by atoms with Crippen molar-refractivity contribution < 1.29 is 9.53 Å². The SMILES string of the molecule is Cc1cc(COc2ccc(Cl)cc2C)c(C)c(C2C(C#N)=C(N)N(c3cc(Cl)ccc3C)C3=C2C(=O)CC(C)(C)C3)c1. The van der Waals surface area contributed by atoms with Crippen molar-refractivity contribution >= 4 is 34.7 Å². The van der Waals surface area contributed by atoms with Gasteiger partial charge in [-0.1, -0.05) is 60.8 Å². The van der Waals surface area contributed by atoms with E-state index in [4.69, 9.17) is 33.7 Å². The molecule has 3 aromatic carbocycles. The maximum absolute atomic E-state index is 14.1. The second-order valence-corrected chi connectivity index (χ2v) is 13.1. The van der Waals surface area contributed by atoms with Crippen molar-refractivity contribution in [1.29, 1.82) is 5.26 Å². The summed E-state index contributed by atoms with van der Waals surface area (Å²) in [6.45, 7) is 12.5. The number of allylic oxidation sites excluding steroid dienone is 3. The van der Waals surface area contributed by atoms with E-state index in [2.05, 4.69) is 32.0 Å². The van der Waals surface area contributed by atoms with E-state index < -0.39 is 5.92 Å². The minimum atomic E-state index is -0.583. The predicted molar refractivity (Wildman–Crippen MR) is 170 cm³/mol. The quantitative estimate of drug-likeness (QED) is 0.317. The van der Waals surface area contributed by atoms with Crippen LogP contribution < -0.4 is 15.4 Å². The number of hydrogen-bond donors (Lipinski definition) is 1. The van der Waals surface area contributed by atoms with Crippen LogP contribution in [-0.4, -0.2) is 5.78 Å². The van der Waals surface area contributed by atoms with Crippen LogP contribution >= 0.6 is 23.2 Å². The number of nitrogens with two attached hydrogens (primary N) is 1. The van der Waals surface area contributed by atoms with E-state index >= 15 is 0 Å². The number of benzene rings is 3. The fourth-order valence-electron chi connectivity index (χ4n) is 6.26. The van der Waals surface area contributed by atoms with Gasteiger partial charge >= 0.3 is 0 Å². The van der Waals surface area contributed by atoms with Gasteiger partial charge in [-0.2, -0.15) is 5.26 Å². The highest BCUT2D eigenvalue weighted by Crippen LogP contribution is 2.51. The summed E-state index contributed by atoms with van der Waals surface area (Å²) in [7, 11) is 0. The molecule has 1 aliphatic heterocycles. The first-order valence-corrected chi connectivity index (χ1v) is 14.8. The van der Waals surface area contributed by atoms with Gasteiger partial charge in [-0.3, -0.25) is 9.69 Å². The molecule has 2 aliphatic rings. The van der Waals surface area contributed by atoms with Crippen LogP contribution in [0, 0.1) is 44.4 Å². The standard InChI is InChI=1S/C35H35Cl2N3O2/c1-19-11-23(18-42-31-10-9-24(36)13-21(31)3)22(4)26(12-19)32-27(17-38)34(39)40(28-14-25(37)8-7-20(28)2)29-15-35(5,6)16-30(41)33(29)32/h7-14,32H,15-16,18,39H2,1-6H3. The molecule has 0 saturated carbocycles. The molecule has 42 heavy (non-hydrogen) atoms. The number of anilines is 1. The molecule has 3 aromatic rings. The monoisotopic (exact) mass is 599 g/mol. The van der Waals surface area contributed by atoms with E-state index in [1.54, 1.807) is 0 Å². The van der Waals surface area contributed by atoms with Crippen LogP contribution in [-0.2, 0) is 11.4 Å². The van der Waals surface area contributed by atoms with E-state index in [-0.39, 0.29) is 11.2 Å². The molecule has 7 heteroatoms. The van der Waals surface area contributed by atoms with Gasteiger partial charge in [0.2, 0.25) is 0 Å². The summed E-state index contributed by atoms with van der Waals surface area (Å²) in [6.07, 6.45) is 1.02. The van der Waals surface area contributed by atoms with Gasteiger partial charge in [0.1, 0.15) is 18.2 Å². The van der Waals surface area contributed by atoms with E-state index in [9.17, 15) is 10.1 Å². The number of carbonyl (C=O) groups excluding carboxylic acids is 1. The van der Waals surface area contributed by atoms with Gasteiger partial charge < -0.3 is 10.5 Å². The van der Waals surface area contributed by atoms with Gasteiger partial charge in [0, 0.05) is 27.7 Å².